The van der Waals surface area contributed by atoms with E-state index in [1.807, 2.05) is 0 Å². The molecule has 1 unspecified atom stereocenters. The van der Waals surface area contributed by atoms with Gasteiger partial charge in [-0.2, -0.15) is 0 Å². The van der Waals surface area contributed by atoms with Crippen LogP contribution in [0.1, 0.15) is 52.7 Å². The van der Waals surface area contributed by atoms with Gasteiger partial charge in [0.05, 0.1) is 17.8 Å². The van der Waals surface area contributed by atoms with Gasteiger partial charge < -0.3 is 13.7 Å². The van der Waals surface area contributed by atoms with Crippen molar-refractivity contribution in [2.24, 2.45) is 13.0 Å². The maximum Gasteiger partial charge on any atom is 0.328 e. The van der Waals surface area contributed by atoms with Crippen LogP contribution in [-0.4, -0.2) is 30.1 Å². The summed E-state index contributed by atoms with van der Waals surface area (Å²) in [7, 11) is -0.405. The number of rotatable bonds is 4. The van der Waals surface area contributed by atoms with Crippen LogP contribution in [0.15, 0.2) is 15.8 Å². The Morgan fingerprint density at radius 1 is 1.32 bits per heavy atom. The van der Waals surface area contributed by atoms with Crippen LogP contribution < -0.4 is 11.2 Å². The molecule has 1 aromatic rings. The van der Waals surface area contributed by atoms with Gasteiger partial charge in [-0.1, -0.05) is 34.6 Å². The number of hydrogen-bond acceptors (Lipinski definition) is 4. The number of ether oxygens (including phenoxy) is 1. The van der Waals surface area contributed by atoms with Gasteiger partial charge in [0, 0.05) is 19.2 Å². The molecule has 1 aliphatic heterocycles. The van der Waals surface area contributed by atoms with Crippen molar-refractivity contribution >= 4 is 8.32 Å². The van der Waals surface area contributed by atoms with Gasteiger partial charge in [0.2, 0.25) is 0 Å². The van der Waals surface area contributed by atoms with Crippen LogP contribution in [0, 0.1) is 5.92 Å². The molecule has 1 aromatic heterocycles. The second-order valence-corrected chi connectivity index (χ2v) is 13.4. The lowest BCUT2D eigenvalue weighted by Gasteiger charge is -2.40. The predicted octanol–water partition coefficient (Wildman–Crippen LogP) is 2.95. The highest BCUT2D eigenvalue weighted by atomic mass is 28.4. The Bertz CT molecular complexity index is 732. The van der Waals surface area contributed by atoms with Crippen molar-refractivity contribution in [1.29, 1.82) is 0 Å². The number of aromatic nitrogens is 2. The molecule has 6 nitrogen and oxygen atoms in total. The largest absolute Gasteiger partial charge is 0.411 e. The minimum Gasteiger partial charge on any atom is -0.411 e. The Kier molecular flexibility index (Phi) is 5.52. The minimum atomic E-state index is -2.03. The second kappa shape index (κ2) is 6.85. The van der Waals surface area contributed by atoms with Gasteiger partial charge in [-0.05, 0) is 24.6 Å². The quantitative estimate of drug-likeness (QED) is 0.829. The fourth-order valence-corrected chi connectivity index (χ4v) is 4.44. The smallest absolute Gasteiger partial charge is 0.328 e. The molecule has 0 bridgehead atoms. The first-order valence-corrected chi connectivity index (χ1v) is 11.9. The van der Waals surface area contributed by atoms with Crippen molar-refractivity contribution in [3.63, 3.8) is 0 Å². The van der Waals surface area contributed by atoms with Gasteiger partial charge in [-0.15, -0.1) is 0 Å². The first-order chi connectivity index (χ1) is 11.4. The van der Waals surface area contributed by atoms with Crippen molar-refractivity contribution in [2.45, 2.75) is 77.5 Å². The first kappa shape index (κ1) is 20.1. The van der Waals surface area contributed by atoms with Crippen LogP contribution in [0.5, 0.6) is 0 Å². The van der Waals surface area contributed by atoms with Gasteiger partial charge in [0.25, 0.3) is 5.56 Å². The van der Waals surface area contributed by atoms with Gasteiger partial charge in [0.1, 0.15) is 6.10 Å². The van der Waals surface area contributed by atoms with Gasteiger partial charge >= 0.3 is 5.69 Å². The summed E-state index contributed by atoms with van der Waals surface area (Å²) in [4.78, 5) is 26.4. The third-order valence-electron chi connectivity index (χ3n) is 5.81. The number of hydrogen-bond donors (Lipinski definition) is 1. The predicted molar refractivity (Wildman–Crippen MR) is 101 cm³/mol. The van der Waals surface area contributed by atoms with E-state index in [9.17, 15) is 9.59 Å². The molecular weight excluding hydrogens is 336 g/mol. The van der Waals surface area contributed by atoms with Crippen LogP contribution in [0.4, 0.5) is 0 Å². The summed E-state index contributed by atoms with van der Waals surface area (Å²) < 4.78 is 14.3. The molecule has 2 rings (SSSR count). The Morgan fingerprint density at radius 2 is 1.92 bits per heavy atom. The molecular formula is C18H32N2O4Si. The molecule has 7 heteroatoms. The van der Waals surface area contributed by atoms with Crippen LogP contribution >= 0.6 is 0 Å². The summed E-state index contributed by atoms with van der Waals surface area (Å²) in [6, 6.07) is 0. The Morgan fingerprint density at radius 3 is 2.44 bits per heavy atom. The zero-order valence-electron chi connectivity index (χ0n) is 16.7. The molecule has 1 aliphatic rings. The van der Waals surface area contributed by atoms with Crippen LogP contribution in [-0.2, 0) is 16.2 Å². The normalized spacial score (nSPS) is 27.7. The average molecular weight is 369 g/mol. The molecule has 25 heavy (non-hydrogen) atoms. The minimum absolute atomic E-state index is 0.0383. The van der Waals surface area contributed by atoms with Crippen molar-refractivity contribution in [3.05, 3.63) is 32.6 Å². The highest BCUT2D eigenvalue weighted by Crippen LogP contribution is 2.45. The number of aromatic amines is 1. The summed E-state index contributed by atoms with van der Waals surface area (Å²) in [5.74, 6) is 0.181. The summed E-state index contributed by atoms with van der Waals surface area (Å²) in [5, 5.41) is 0.0670. The molecule has 0 spiro atoms. The van der Waals surface area contributed by atoms with Gasteiger partial charge in [-0.3, -0.25) is 9.78 Å². The van der Waals surface area contributed by atoms with Crippen LogP contribution in [0.3, 0.4) is 0 Å². The van der Waals surface area contributed by atoms with Crippen molar-refractivity contribution in [3.8, 4) is 0 Å². The van der Waals surface area contributed by atoms with Crippen LogP contribution in [0.2, 0.25) is 18.1 Å². The molecule has 2 heterocycles. The molecule has 0 radical (unpaired) electrons. The molecule has 4 atom stereocenters. The summed E-state index contributed by atoms with van der Waals surface area (Å²) in [5.41, 5.74) is -0.344. The SMILES string of the molecule is CC[C@H]1O[C@@H](c2cn(C)c(=O)[nH]c2=O)C(O[Si](C)(C)C(C)(C)C)[C@H]1C. The lowest BCUT2D eigenvalue weighted by molar-refractivity contribution is 0.00958. The maximum atomic E-state index is 12.4. The molecule has 1 N–H and O–H groups in total. The standard InChI is InChI=1S/C18H32N2O4Si/c1-9-13-11(2)14(24-25(7,8)18(3,4)5)15(23-13)12-10-20(6)17(22)19-16(12)21/h10-11,13-15H,9H2,1-8H3,(H,19,21,22)/t11-,13+,14?,15-/m0/s1. The van der Waals surface area contributed by atoms with E-state index in [4.69, 9.17) is 9.16 Å². The lowest BCUT2D eigenvalue weighted by Crippen LogP contribution is -2.46. The highest BCUT2D eigenvalue weighted by Gasteiger charge is 2.49. The lowest BCUT2D eigenvalue weighted by atomic mass is 9.95. The van der Waals surface area contributed by atoms with E-state index >= 15 is 0 Å². The van der Waals surface area contributed by atoms with Crippen LogP contribution in [0.25, 0.3) is 0 Å². The van der Waals surface area contributed by atoms with Crippen molar-refractivity contribution < 1.29 is 9.16 Å². The van der Waals surface area contributed by atoms with E-state index in [1.54, 1.807) is 13.2 Å². The van der Waals surface area contributed by atoms with E-state index in [1.165, 1.54) is 4.57 Å². The molecule has 1 saturated heterocycles. The molecule has 0 aliphatic carbocycles. The number of aryl methyl sites for hydroxylation is 1. The van der Waals surface area contributed by atoms with Crippen molar-refractivity contribution in [1.82, 2.24) is 9.55 Å². The van der Waals surface area contributed by atoms with E-state index < -0.39 is 20.1 Å². The van der Waals surface area contributed by atoms with E-state index in [2.05, 4.69) is 52.7 Å². The Hall–Kier alpha value is -1.18. The zero-order valence-corrected chi connectivity index (χ0v) is 17.7. The number of H-pyrrole nitrogens is 1. The third kappa shape index (κ3) is 3.83. The second-order valence-electron chi connectivity index (χ2n) is 8.66. The zero-order chi connectivity index (χ0) is 19.2. The van der Waals surface area contributed by atoms with E-state index in [0.717, 1.165) is 6.42 Å². The Labute approximate surface area is 150 Å². The maximum absolute atomic E-state index is 12.4. The topological polar surface area (TPSA) is 73.3 Å². The molecule has 0 aromatic carbocycles. The van der Waals surface area contributed by atoms with Gasteiger partial charge in [0.15, 0.2) is 8.32 Å². The summed E-state index contributed by atoms with van der Waals surface area (Å²) in [6.07, 6.45) is 1.84. The molecule has 1 fully saturated rings. The Balaban J connectivity index is 2.46. The van der Waals surface area contributed by atoms with Gasteiger partial charge in [-0.25, -0.2) is 4.79 Å². The highest BCUT2D eigenvalue weighted by molar-refractivity contribution is 6.74. The fourth-order valence-electron chi connectivity index (χ4n) is 3.07. The third-order valence-corrected chi connectivity index (χ3v) is 10.3. The van der Waals surface area contributed by atoms with Crippen molar-refractivity contribution in [2.75, 3.05) is 0 Å². The monoisotopic (exact) mass is 368 g/mol. The number of nitrogens with zero attached hydrogens (tertiary/aromatic N) is 1. The molecule has 0 amide bonds. The van der Waals surface area contributed by atoms with E-state index in [0.29, 0.717) is 5.56 Å². The average Bonchev–Trinajstić information content (AvgIpc) is 2.78. The number of nitrogens with one attached hydrogen (secondary N) is 1. The summed E-state index contributed by atoms with van der Waals surface area (Å²) in [6.45, 7) is 15.2. The summed E-state index contributed by atoms with van der Waals surface area (Å²) >= 11 is 0. The molecule has 0 saturated carbocycles. The van der Waals surface area contributed by atoms with E-state index in [-0.39, 0.29) is 28.7 Å². The molecule has 142 valence electrons. The first-order valence-electron chi connectivity index (χ1n) is 9.02. The fraction of sp³-hybridized carbons (Fsp3) is 0.778.